The largest absolute Gasteiger partial charge is 0.370 e. The van der Waals surface area contributed by atoms with Gasteiger partial charge in [0.2, 0.25) is 11.7 Å². The van der Waals surface area contributed by atoms with Gasteiger partial charge in [-0.1, -0.05) is 42.7 Å². The van der Waals surface area contributed by atoms with Crippen molar-refractivity contribution in [1.29, 1.82) is 0 Å². The third-order valence-corrected chi connectivity index (χ3v) is 4.03. The van der Waals surface area contributed by atoms with E-state index in [4.69, 9.17) is 21.9 Å². The molecule has 2 aromatic carbocycles. The van der Waals surface area contributed by atoms with E-state index in [9.17, 15) is 0 Å². The molecule has 3 N–H and O–H groups in total. The zero-order chi connectivity index (χ0) is 18.5. The molecule has 1 heterocycles. The first-order chi connectivity index (χ1) is 12.5. The van der Waals surface area contributed by atoms with Crippen molar-refractivity contribution in [2.45, 2.75) is 26.3 Å². The van der Waals surface area contributed by atoms with Crippen LogP contribution in [0, 0.1) is 0 Å². The average Bonchev–Trinajstić information content (AvgIpc) is 3.10. The highest BCUT2D eigenvalue weighted by Crippen LogP contribution is 2.19. The summed E-state index contributed by atoms with van der Waals surface area (Å²) in [6.45, 7) is 4.48. The number of aliphatic imine (C=N–C) groups is 1. The van der Waals surface area contributed by atoms with Crippen molar-refractivity contribution < 1.29 is 4.52 Å². The number of aromatic nitrogens is 2. The molecule has 0 bridgehead atoms. The zero-order valence-corrected chi connectivity index (χ0v) is 18.1. The second-order valence-electron chi connectivity index (χ2n) is 6.13. The summed E-state index contributed by atoms with van der Waals surface area (Å²) in [6, 6.07) is 15.3. The number of guanidine groups is 1. The van der Waals surface area contributed by atoms with Gasteiger partial charge < -0.3 is 15.6 Å². The molecule has 0 radical (unpaired) electrons. The van der Waals surface area contributed by atoms with Crippen molar-refractivity contribution in [1.82, 2.24) is 10.1 Å². The lowest BCUT2D eigenvalue weighted by molar-refractivity contribution is 0.381. The van der Waals surface area contributed by atoms with E-state index < -0.39 is 0 Å². The van der Waals surface area contributed by atoms with Crippen molar-refractivity contribution in [2.75, 3.05) is 5.32 Å². The quantitative estimate of drug-likeness (QED) is 0.292. The van der Waals surface area contributed by atoms with E-state index in [0.29, 0.717) is 22.7 Å². The molecule has 3 aromatic rings. The van der Waals surface area contributed by atoms with E-state index >= 15 is 0 Å². The number of hydrogen-bond donors (Lipinski definition) is 2. The molecule has 6 nitrogen and oxygen atoms in total. The van der Waals surface area contributed by atoms with Crippen molar-refractivity contribution in [2.24, 2.45) is 10.7 Å². The monoisotopic (exact) mass is 497 g/mol. The molecular formula is C19H21ClIN5O. The Balaban J connectivity index is 0.00000261. The number of nitrogens with one attached hydrogen (secondary N) is 1. The second kappa shape index (κ2) is 9.70. The molecule has 0 aliphatic carbocycles. The van der Waals surface area contributed by atoms with E-state index in [2.05, 4.69) is 46.4 Å². The number of anilines is 1. The van der Waals surface area contributed by atoms with Gasteiger partial charge in [0.05, 0.1) is 0 Å². The van der Waals surface area contributed by atoms with Gasteiger partial charge in [-0.25, -0.2) is 4.99 Å². The Bertz CT molecular complexity index is 908. The van der Waals surface area contributed by atoms with Crippen LogP contribution in [0.1, 0.15) is 31.2 Å². The fraction of sp³-hybridized carbons (Fsp3) is 0.211. The highest BCUT2D eigenvalue weighted by molar-refractivity contribution is 14.0. The molecule has 0 spiro atoms. The first kappa shape index (κ1) is 21.2. The summed E-state index contributed by atoms with van der Waals surface area (Å²) in [5.74, 6) is 1.61. The minimum absolute atomic E-state index is 0. The van der Waals surface area contributed by atoms with Crippen LogP contribution in [-0.2, 0) is 6.54 Å². The standard InChI is InChI=1S/C19H20ClN5O.HI/c1-12(2)14-4-3-5-16(10-14)23-19(21)22-11-17-24-18(25-26-17)13-6-8-15(20)9-7-13;/h3-10,12H,11H2,1-2H3,(H3,21,22,23);1H. The lowest BCUT2D eigenvalue weighted by Gasteiger charge is -2.09. The molecule has 3 rings (SSSR count). The van der Waals surface area contributed by atoms with Gasteiger partial charge in [0.15, 0.2) is 5.96 Å². The maximum atomic E-state index is 5.95. The summed E-state index contributed by atoms with van der Waals surface area (Å²) >= 11 is 5.88. The molecule has 0 amide bonds. The Hall–Kier alpha value is -2.13. The normalized spacial score (nSPS) is 11.3. The molecular weight excluding hydrogens is 477 g/mol. The highest BCUT2D eigenvalue weighted by atomic mass is 127. The first-order valence-electron chi connectivity index (χ1n) is 8.26. The average molecular weight is 498 g/mol. The van der Waals surface area contributed by atoms with Gasteiger partial charge in [-0.15, -0.1) is 24.0 Å². The molecule has 0 unspecified atom stereocenters. The number of nitrogens with zero attached hydrogens (tertiary/aromatic N) is 3. The number of halogens is 2. The van der Waals surface area contributed by atoms with Crippen LogP contribution >= 0.6 is 35.6 Å². The Morgan fingerprint density at radius 3 is 2.67 bits per heavy atom. The van der Waals surface area contributed by atoms with Gasteiger partial charge in [0.1, 0.15) is 6.54 Å². The SMILES string of the molecule is CC(C)c1cccc(NC(N)=NCc2nc(-c3ccc(Cl)cc3)no2)c1.I. The molecule has 27 heavy (non-hydrogen) atoms. The smallest absolute Gasteiger partial charge is 0.248 e. The molecule has 0 saturated carbocycles. The second-order valence-corrected chi connectivity index (χ2v) is 6.56. The topological polar surface area (TPSA) is 89.3 Å². The number of rotatable bonds is 5. The van der Waals surface area contributed by atoms with Crippen LogP contribution in [0.5, 0.6) is 0 Å². The van der Waals surface area contributed by atoms with E-state index in [1.54, 1.807) is 12.1 Å². The van der Waals surface area contributed by atoms with Crippen LogP contribution in [0.15, 0.2) is 58.0 Å². The first-order valence-corrected chi connectivity index (χ1v) is 8.64. The summed E-state index contributed by atoms with van der Waals surface area (Å²) in [7, 11) is 0. The maximum Gasteiger partial charge on any atom is 0.248 e. The van der Waals surface area contributed by atoms with E-state index in [-0.39, 0.29) is 36.5 Å². The van der Waals surface area contributed by atoms with Crippen LogP contribution in [-0.4, -0.2) is 16.1 Å². The predicted octanol–water partition coefficient (Wildman–Crippen LogP) is 5.06. The summed E-state index contributed by atoms with van der Waals surface area (Å²) in [5, 5.41) is 7.68. The Morgan fingerprint density at radius 1 is 1.22 bits per heavy atom. The lowest BCUT2D eigenvalue weighted by Crippen LogP contribution is -2.22. The van der Waals surface area contributed by atoms with Gasteiger partial charge in [-0.2, -0.15) is 4.98 Å². The minimum atomic E-state index is 0. The van der Waals surface area contributed by atoms with Crippen LogP contribution in [0.25, 0.3) is 11.4 Å². The van der Waals surface area contributed by atoms with Crippen molar-refractivity contribution in [3.8, 4) is 11.4 Å². The summed E-state index contributed by atoms with van der Waals surface area (Å²) in [4.78, 5) is 8.57. The molecule has 0 aliphatic heterocycles. The van der Waals surface area contributed by atoms with Crippen LogP contribution in [0.4, 0.5) is 5.69 Å². The highest BCUT2D eigenvalue weighted by Gasteiger charge is 2.08. The number of hydrogen-bond acceptors (Lipinski definition) is 4. The summed E-state index contributed by atoms with van der Waals surface area (Å²) < 4.78 is 5.22. The van der Waals surface area contributed by atoms with Crippen molar-refractivity contribution in [3.05, 3.63) is 65.0 Å². The van der Waals surface area contributed by atoms with E-state index in [0.717, 1.165) is 11.3 Å². The third kappa shape index (κ3) is 5.93. The van der Waals surface area contributed by atoms with Crippen LogP contribution < -0.4 is 11.1 Å². The molecule has 142 valence electrons. The van der Waals surface area contributed by atoms with Crippen LogP contribution in [0.2, 0.25) is 5.02 Å². The molecule has 8 heteroatoms. The molecule has 1 aromatic heterocycles. The zero-order valence-electron chi connectivity index (χ0n) is 15.0. The molecule has 0 atom stereocenters. The van der Waals surface area contributed by atoms with Gasteiger partial charge in [0, 0.05) is 16.3 Å². The summed E-state index contributed by atoms with van der Waals surface area (Å²) in [5.41, 5.74) is 8.90. The fourth-order valence-corrected chi connectivity index (χ4v) is 2.48. The van der Waals surface area contributed by atoms with Gasteiger partial charge >= 0.3 is 0 Å². The van der Waals surface area contributed by atoms with Gasteiger partial charge in [-0.3, -0.25) is 0 Å². The van der Waals surface area contributed by atoms with Gasteiger partial charge in [0.25, 0.3) is 0 Å². The Morgan fingerprint density at radius 2 is 1.96 bits per heavy atom. The van der Waals surface area contributed by atoms with Gasteiger partial charge in [-0.05, 0) is 47.9 Å². The Labute approximate surface area is 180 Å². The van der Waals surface area contributed by atoms with Crippen LogP contribution in [0.3, 0.4) is 0 Å². The predicted molar refractivity (Wildman–Crippen MR) is 120 cm³/mol. The minimum Gasteiger partial charge on any atom is -0.370 e. The number of nitrogens with two attached hydrogens (primary N) is 1. The summed E-state index contributed by atoms with van der Waals surface area (Å²) in [6.07, 6.45) is 0. The molecule has 0 fully saturated rings. The fourth-order valence-electron chi connectivity index (χ4n) is 2.35. The number of benzene rings is 2. The Kier molecular flexibility index (Phi) is 7.61. The molecule has 0 aliphatic rings. The van der Waals surface area contributed by atoms with Crippen molar-refractivity contribution in [3.63, 3.8) is 0 Å². The third-order valence-electron chi connectivity index (χ3n) is 3.78. The van der Waals surface area contributed by atoms with E-state index in [1.165, 1.54) is 5.56 Å². The van der Waals surface area contributed by atoms with Crippen molar-refractivity contribution >= 4 is 47.2 Å². The van der Waals surface area contributed by atoms with E-state index in [1.807, 2.05) is 24.3 Å². The maximum absolute atomic E-state index is 5.95. The molecule has 0 saturated heterocycles. The lowest BCUT2D eigenvalue weighted by atomic mass is 10.0.